The molecule has 0 aliphatic carbocycles. The van der Waals surface area contributed by atoms with Gasteiger partial charge in [-0.25, -0.2) is 14.6 Å². The molecule has 156 valence electrons. The van der Waals surface area contributed by atoms with Crippen molar-refractivity contribution in [3.8, 4) is 5.82 Å². The molecular formula is C19H19F2N7O2. The topological polar surface area (TPSA) is 98.1 Å². The number of alkyl halides is 2. The fourth-order valence-corrected chi connectivity index (χ4v) is 3.85. The summed E-state index contributed by atoms with van der Waals surface area (Å²) in [5, 5.41) is 8.02. The van der Waals surface area contributed by atoms with Crippen molar-refractivity contribution in [1.29, 1.82) is 0 Å². The highest BCUT2D eigenvalue weighted by Crippen LogP contribution is 2.35. The summed E-state index contributed by atoms with van der Waals surface area (Å²) < 4.78 is 34.8. The van der Waals surface area contributed by atoms with Gasteiger partial charge < -0.3 is 15.0 Å². The van der Waals surface area contributed by atoms with Crippen LogP contribution in [0.25, 0.3) is 16.7 Å². The molecule has 1 N–H and O–H groups in total. The largest absolute Gasteiger partial charge is 0.371 e. The third-order valence-electron chi connectivity index (χ3n) is 5.20. The molecule has 3 aromatic rings. The van der Waals surface area contributed by atoms with Crippen LogP contribution in [-0.2, 0) is 15.5 Å². The molecule has 6 heterocycles. The van der Waals surface area contributed by atoms with Crippen molar-refractivity contribution in [2.45, 2.75) is 38.4 Å². The Morgan fingerprint density at radius 3 is 2.67 bits per heavy atom. The number of piperidine rings is 1. The molecular weight excluding hydrogens is 396 g/mol. The van der Waals surface area contributed by atoms with Gasteiger partial charge in [-0.2, -0.15) is 8.78 Å². The number of ether oxygens (including phenoxy) is 1. The number of halogens is 2. The Morgan fingerprint density at radius 2 is 2.00 bits per heavy atom. The molecule has 0 saturated carbocycles. The highest BCUT2D eigenvalue weighted by Gasteiger charge is 2.39. The summed E-state index contributed by atoms with van der Waals surface area (Å²) in [5.74, 6) is -2.25. The van der Waals surface area contributed by atoms with Crippen molar-refractivity contribution in [3.05, 3.63) is 30.4 Å². The fourth-order valence-electron chi connectivity index (χ4n) is 3.85. The third-order valence-corrected chi connectivity index (χ3v) is 5.20. The van der Waals surface area contributed by atoms with Gasteiger partial charge in [0.05, 0.1) is 35.5 Å². The van der Waals surface area contributed by atoms with Gasteiger partial charge in [0, 0.05) is 45.6 Å². The maximum atomic E-state index is 13.8. The number of amides is 1. The molecule has 3 aliphatic rings. The molecule has 9 nitrogen and oxygen atoms in total. The molecule has 3 saturated heterocycles. The van der Waals surface area contributed by atoms with Crippen molar-refractivity contribution in [3.63, 3.8) is 0 Å². The van der Waals surface area contributed by atoms with Gasteiger partial charge in [-0.05, 0) is 0 Å². The molecule has 30 heavy (non-hydrogen) atoms. The number of carbonyl (C=O) groups excluding carboxylic acids is 1. The molecule has 3 aromatic heterocycles. The molecule has 0 spiro atoms. The van der Waals surface area contributed by atoms with Crippen molar-refractivity contribution in [2.75, 3.05) is 23.3 Å². The van der Waals surface area contributed by atoms with Gasteiger partial charge in [0.15, 0.2) is 11.6 Å². The Bertz CT molecular complexity index is 1130. The van der Waals surface area contributed by atoms with Crippen molar-refractivity contribution in [2.24, 2.45) is 0 Å². The maximum Gasteiger partial charge on any atom is 0.288 e. The minimum absolute atomic E-state index is 0.156. The van der Waals surface area contributed by atoms with Crippen LogP contribution in [0.4, 0.5) is 20.4 Å². The van der Waals surface area contributed by atoms with Gasteiger partial charge in [-0.1, -0.05) is 0 Å². The first-order valence-electron chi connectivity index (χ1n) is 9.55. The van der Waals surface area contributed by atoms with Crippen molar-refractivity contribution < 1.29 is 18.3 Å². The number of carbonyl (C=O) groups is 1. The van der Waals surface area contributed by atoms with Crippen LogP contribution < -0.4 is 10.2 Å². The highest BCUT2D eigenvalue weighted by molar-refractivity contribution is 5.95. The Hall–Kier alpha value is -3.21. The summed E-state index contributed by atoms with van der Waals surface area (Å²) in [5.41, 5.74) is 0.128. The Morgan fingerprint density at radius 1 is 1.27 bits per heavy atom. The molecule has 2 unspecified atom stereocenters. The lowest BCUT2D eigenvalue weighted by Crippen LogP contribution is -2.57. The van der Waals surface area contributed by atoms with E-state index in [1.807, 2.05) is 0 Å². The zero-order valence-electron chi connectivity index (χ0n) is 16.3. The van der Waals surface area contributed by atoms with Gasteiger partial charge in [-0.3, -0.25) is 9.78 Å². The summed E-state index contributed by atoms with van der Waals surface area (Å²) in [6.07, 6.45) is 5.39. The molecule has 3 fully saturated rings. The molecule has 3 aliphatic heterocycles. The molecule has 0 aromatic carbocycles. The van der Waals surface area contributed by atoms with E-state index in [1.165, 1.54) is 17.8 Å². The van der Waals surface area contributed by atoms with E-state index in [4.69, 9.17) is 4.74 Å². The Labute approximate surface area is 170 Å². The minimum Gasteiger partial charge on any atom is -0.371 e. The van der Waals surface area contributed by atoms with Crippen LogP contribution >= 0.6 is 0 Å². The number of nitrogens with zero attached hydrogens (tertiary/aromatic N) is 6. The number of hydrogen-bond acceptors (Lipinski definition) is 7. The number of rotatable bonds is 4. The van der Waals surface area contributed by atoms with Crippen LogP contribution in [0.5, 0.6) is 0 Å². The normalized spacial score (nSPS) is 20.9. The van der Waals surface area contributed by atoms with Crippen LogP contribution in [0.15, 0.2) is 24.7 Å². The Kier molecular flexibility index (Phi) is 4.17. The van der Waals surface area contributed by atoms with Crippen LogP contribution in [0.2, 0.25) is 0 Å². The molecule has 2 bridgehead atoms. The summed E-state index contributed by atoms with van der Waals surface area (Å²) >= 11 is 0. The first kappa shape index (κ1) is 18.8. The maximum absolute atomic E-state index is 13.8. The lowest BCUT2D eigenvalue weighted by atomic mass is 9.99. The smallest absolute Gasteiger partial charge is 0.288 e. The zero-order chi connectivity index (χ0) is 21.0. The number of fused-ring (bicyclic) bond motifs is 3. The van der Waals surface area contributed by atoms with Crippen LogP contribution in [0.3, 0.4) is 0 Å². The summed E-state index contributed by atoms with van der Waals surface area (Å²) in [4.78, 5) is 25.9. The van der Waals surface area contributed by atoms with Gasteiger partial charge in [0.1, 0.15) is 11.5 Å². The first-order chi connectivity index (χ1) is 14.3. The molecule has 6 rings (SSSR count). The minimum atomic E-state index is -3.14. The second kappa shape index (κ2) is 6.66. The zero-order valence-corrected chi connectivity index (χ0v) is 16.3. The van der Waals surface area contributed by atoms with E-state index in [-0.39, 0.29) is 23.9 Å². The van der Waals surface area contributed by atoms with Crippen molar-refractivity contribution >= 4 is 28.4 Å². The summed E-state index contributed by atoms with van der Waals surface area (Å²) in [6.45, 7) is 3.53. The van der Waals surface area contributed by atoms with Gasteiger partial charge >= 0.3 is 0 Å². The van der Waals surface area contributed by atoms with Crippen LogP contribution in [0, 0.1) is 0 Å². The van der Waals surface area contributed by atoms with E-state index in [0.717, 1.165) is 24.9 Å². The second-order valence-corrected chi connectivity index (χ2v) is 7.67. The predicted molar refractivity (Wildman–Crippen MR) is 104 cm³/mol. The quantitative estimate of drug-likeness (QED) is 0.698. The van der Waals surface area contributed by atoms with E-state index in [9.17, 15) is 13.6 Å². The monoisotopic (exact) mass is 415 g/mol. The average molecular weight is 415 g/mol. The number of morpholine rings is 1. The van der Waals surface area contributed by atoms with E-state index < -0.39 is 11.6 Å². The number of pyridine rings is 1. The van der Waals surface area contributed by atoms with Crippen LogP contribution in [-0.4, -0.2) is 55.9 Å². The fraction of sp³-hybridized carbons (Fsp3) is 0.421. The van der Waals surface area contributed by atoms with Gasteiger partial charge in [0.2, 0.25) is 5.91 Å². The first-order valence-corrected chi connectivity index (χ1v) is 9.55. The lowest BCUT2D eigenvalue weighted by Gasteiger charge is -2.47. The second-order valence-electron chi connectivity index (χ2n) is 7.67. The average Bonchev–Trinajstić information content (AvgIpc) is 3.05. The van der Waals surface area contributed by atoms with E-state index in [2.05, 4.69) is 30.3 Å². The van der Waals surface area contributed by atoms with Gasteiger partial charge in [0.25, 0.3) is 5.92 Å². The Balaban J connectivity index is 1.65. The van der Waals surface area contributed by atoms with E-state index in [1.54, 1.807) is 12.3 Å². The molecule has 1 amide bonds. The number of nitrogens with one attached hydrogen (secondary N) is 1. The summed E-state index contributed by atoms with van der Waals surface area (Å²) in [7, 11) is 0. The van der Waals surface area contributed by atoms with Crippen molar-refractivity contribution in [1.82, 2.24) is 24.7 Å². The SMILES string of the molecule is CC(=O)Nc1cc2c(cn1)c(N1CC3CC(C1)O3)nn2-c1cncc(C(C)(F)F)n1. The highest BCUT2D eigenvalue weighted by atomic mass is 19.3. The summed E-state index contributed by atoms with van der Waals surface area (Å²) in [6, 6.07) is 1.65. The van der Waals surface area contributed by atoms with E-state index in [0.29, 0.717) is 30.2 Å². The third kappa shape index (κ3) is 3.24. The number of aromatic nitrogens is 5. The number of anilines is 2. The number of hydrogen-bond donors (Lipinski definition) is 1. The lowest BCUT2D eigenvalue weighted by molar-refractivity contribution is -0.133. The molecule has 2 atom stereocenters. The van der Waals surface area contributed by atoms with Gasteiger partial charge in [-0.15, -0.1) is 5.10 Å². The van der Waals surface area contributed by atoms with E-state index >= 15 is 0 Å². The standard InChI is InChI=1S/C19H19F2N7O2/c1-10(29)24-16-4-14-13(5-23-16)18(27-8-11-3-12(9-27)30-11)26-28(14)17-7-22-6-15(25-17)19(2,20)21/h4-7,11-12H,3,8-9H2,1-2H3,(H,23,24,29). The predicted octanol–water partition coefficient (Wildman–Crippen LogP) is 2.26. The molecule has 0 radical (unpaired) electrons. The van der Waals surface area contributed by atoms with Crippen LogP contribution in [0.1, 0.15) is 26.0 Å². The molecule has 11 heteroatoms.